The van der Waals surface area contributed by atoms with E-state index in [4.69, 9.17) is 16.6 Å². The number of halogens is 1. The lowest BCUT2D eigenvalue weighted by molar-refractivity contribution is -0.132. The van der Waals surface area contributed by atoms with E-state index in [9.17, 15) is 9.59 Å². The van der Waals surface area contributed by atoms with Crippen LogP contribution < -0.4 is 10.2 Å². The van der Waals surface area contributed by atoms with Gasteiger partial charge in [0.1, 0.15) is 12.1 Å². The molecule has 1 aliphatic carbocycles. The molecule has 8 nitrogen and oxygen atoms in total. The van der Waals surface area contributed by atoms with Crippen molar-refractivity contribution in [3.8, 4) is 0 Å². The highest BCUT2D eigenvalue weighted by Crippen LogP contribution is 2.39. The molecule has 1 unspecified atom stereocenters. The quantitative estimate of drug-likeness (QED) is 0.417. The molecule has 1 saturated carbocycles. The molecule has 2 fully saturated rings. The molecule has 3 amide bonds. The van der Waals surface area contributed by atoms with Gasteiger partial charge in [-0.1, -0.05) is 29.8 Å². The predicted octanol–water partition coefficient (Wildman–Crippen LogP) is 5.74. The van der Waals surface area contributed by atoms with Gasteiger partial charge >= 0.3 is 6.03 Å². The van der Waals surface area contributed by atoms with Crippen LogP contribution in [0.2, 0.25) is 5.02 Å². The number of urea groups is 1. The van der Waals surface area contributed by atoms with E-state index in [1.54, 1.807) is 17.7 Å². The first-order valence-electron chi connectivity index (χ1n) is 14.0. The number of piperazine rings is 1. The first-order valence-corrected chi connectivity index (χ1v) is 15.2. The van der Waals surface area contributed by atoms with Crippen molar-refractivity contribution in [1.29, 1.82) is 0 Å². The standard InChI is InChI=1S/C30H35ClN6O2S/c1-19(22-5-4-6-23(31)15-22)34-29(39)37-14-13-36(17-30(37,2)3)27-26-24(32-18-33-27)16-25(40-26)20-9-11-35(12-10-20)28(38)21-7-8-21/h4-6,9,15-16,18-19,21H,7-8,10-14,17H2,1-3H3,(H,34,39). The Bertz CT molecular complexity index is 1480. The lowest BCUT2D eigenvalue weighted by Gasteiger charge is -2.47. The maximum absolute atomic E-state index is 13.3. The van der Waals surface area contributed by atoms with Crippen molar-refractivity contribution < 1.29 is 9.59 Å². The Labute approximate surface area is 244 Å². The largest absolute Gasteiger partial charge is 0.351 e. The summed E-state index contributed by atoms with van der Waals surface area (Å²) < 4.78 is 1.07. The molecule has 210 valence electrons. The van der Waals surface area contributed by atoms with Gasteiger partial charge in [-0.25, -0.2) is 14.8 Å². The number of nitrogens with one attached hydrogen (secondary N) is 1. The summed E-state index contributed by atoms with van der Waals surface area (Å²) >= 11 is 7.88. The minimum absolute atomic E-state index is 0.0817. The van der Waals surface area contributed by atoms with Gasteiger partial charge in [0.25, 0.3) is 0 Å². The number of hydrogen-bond acceptors (Lipinski definition) is 6. The molecule has 10 heteroatoms. The summed E-state index contributed by atoms with van der Waals surface area (Å²) in [4.78, 5) is 42.4. The number of benzene rings is 1. The number of thiophene rings is 1. The van der Waals surface area contributed by atoms with Crippen molar-refractivity contribution in [3.05, 3.63) is 58.2 Å². The zero-order chi connectivity index (χ0) is 28.0. The first-order chi connectivity index (χ1) is 19.2. The average molecular weight is 579 g/mol. The van der Waals surface area contributed by atoms with E-state index in [-0.39, 0.29) is 18.0 Å². The van der Waals surface area contributed by atoms with Gasteiger partial charge in [0.2, 0.25) is 5.91 Å². The summed E-state index contributed by atoms with van der Waals surface area (Å²) in [5, 5.41) is 3.81. The number of hydrogen-bond donors (Lipinski definition) is 1. The normalized spacial score (nSPS) is 19.9. The van der Waals surface area contributed by atoms with Crippen LogP contribution in [0.25, 0.3) is 15.8 Å². The van der Waals surface area contributed by atoms with Crippen molar-refractivity contribution in [2.45, 2.75) is 51.6 Å². The van der Waals surface area contributed by atoms with Gasteiger partial charge in [0, 0.05) is 48.5 Å². The van der Waals surface area contributed by atoms with Crippen LogP contribution in [-0.2, 0) is 4.79 Å². The Hall–Kier alpha value is -3.17. The zero-order valence-electron chi connectivity index (χ0n) is 23.2. The van der Waals surface area contributed by atoms with Crippen LogP contribution in [0.1, 0.15) is 56.5 Å². The van der Waals surface area contributed by atoms with Crippen LogP contribution in [0.4, 0.5) is 10.6 Å². The molecule has 2 aromatic heterocycles. The average Bonchev–Trinajstić information content (AvgIpc) is 3.69. The molecule has 1 saturated heterocycles. The molecule has 0 radical (unpaired) electrons. The van der Waals surface area contributed by atoms with Gasteiger partial charge in [-0.3, -0.25) is 4.79 Å². The van der Waals surface area contributed by atoms with Crippen LogP contribution in [0.15, 0.2) is 42.7 Å². The van der Waals surface area contributed by atoms with E-state index >= 15 is 0 Å². The van der Waals surface area contributed by atoms with Crippen LogP contribution in [0, 0.1) is 5.92 Å². The van der Waals surface area contributed by atoms with Gasteiger partial charge in [-0.2, -0.15) is 0 Å². The second kappa shape index (κ2) is 10.7. The molecule has 6 rings (SSSR count). The third kappa shape index (κ3) is 5.41. The molecular weight excluding hydrogens is 544 g/mol. The fourth-order valence-electron chi connectivity index (χ4n) is 5.74. The number of carbonyl (C=O) groups excluding carboxylic acids is 2. The Morgan fingerprint density at radius 2 is 1.98 bits per heavy atom. The van der Waals surface area contributed by atoms with Crippen molar-refractivity contribution in [3.63, 3.8) is 0 Å². The Balaban J connectivity index is 1.15. The van der Waals surface area contributed by atoms with Crippen molar-refractivity contribution in [2.24, 2.45) is 5.92 Å². The summed E-state index contributed by atoms with van der Waals surface area (Å²) in [7, 11) is 0. The third-order valence-corrected chi connectivity index (χ3v) is 9.62. The molecule has 2 aliphatic heterocycles. The molecule has 1 atom stereocenters. The number of nitrogens with zero attached hydrogens (tertiary/aromatic N) is 5. The molecule has 40 heavy (non-hydrogen) atoms. The summed E-state index contributed by atoms with van der Waals surface area (Å²) in [5.74, 6) is 1.50. The number of rotatable bonds is 5. The Morgan fingerprint density at radius 1 is 1.15 bits per heavy atom. The van der Waals surface area contributed by atoms with Gasteiger partial charge < -0.3 is 20.0 Å². The molecule has 1 N–H and O–H groups in total. The van der Waals surface area contributed by atoms with E-state index in [2.05, 4.69) is 41.2 Å². The highest BCUT2D eigenvalue weighted by Gasteiger charge is 2.38. The van der Waals surface area contributed by atoms with Crippen LogP contribution in [0.3, 0.4) is 0 Å². The predicted molar refractivity (Wildman–Crippen MR) is 161 cm³/mol. The molecular formula is C30H35ClN6O2S. The van der Waals surface area contributed by atoms with E-state index in [0.717, 1.165) is 47.4 Å². The summed E-state index contributed by atoms with van der Waals surface area (Å²) in [6, 6.07) is 9.51. The van der Waals surface area contributed by atoms with Gasteiger partial charge in [0.05, 0.1) is 21.8 Å². The Kier molecular flexibility index (Phi) is 7.21. The summed E-state index contributed by atoms with van der Waals surface area (Å²) in [6.07, 6.45) is 6.79. The van der Waals surface area contributed by atoms with Gasteiger partial charge in [-0.05, 0) is 69.4 Å². The Morgan fingerprint density at radius 3 is 2.67 bits per heavy atom. The van der Waals surface area contributed by atoms with Crippen molar-refractivity contribution >= 4 is 56.5 Å². The maximum Gasteiger partial charge on any atom is 0.318 e. The van der Waals surface area contributed by atoms with E-state index in [1.165, 1.54) is 10.5 Å². The van der Waals surface area contributed by atoms with Crippen LogP contribution in [0.5, 0.6) is 0 Å². The van der Waals surface area contributed by atoms with Gasteiger partial charge in [0.15, 0.2) is 0 Å². The zero-order valence-corrected chi connectivity index (χ0v) is 24.8. The third-order valence-electron chi connectivity index (χ3n) is 8.19. The summed E-state index contributed by atoms with van der Waals surface area (Å²) in [5.41, 5.74) is 2.79. The van der Waals surface area contributed by atoms with Crippen LogP contribution >= 0.6 is 22.9 Å². The lowest BCUT2D eigenvalue weighted by Crippen LogP contribution is -2.63. The smallest absolute Gasteiger partial charge is 0.318 e. The van der Waals surface area contributed by atoms with Crippen molar-refractivity contribution in [1.82, 2.24) is 25.1 Å². The minimum atomic E-state index is -0.406. The maximum atomic E-state index is 13.3. The minimum Gasteiger partial charge on any atom is -0.351 e. The fourth-order valence-corrected chi connectivity index (χ4v) is 7.14. The fraction of sp³-hybridized carbons (Fsp3) is 0.467. The van der Waals surface area contributed by atoms with E-state index in [1.807, 2.05) is 41.0 Å². The molecule has 0 spiro atoms. The molecule has 3 aliphatic rings. The lowest BCUT2D eigenvalue weighted by atomic mass is 9.99. The highest BCUT2D eigenvalue weighted by molar-refractivity contribution is 7.20. The monoisotopic (exact) mass is 578 g/mol. The number of fused-ring (bicyclic) bond motifs is 1. The number of amides is 3. The SMILES string of the molecule is CC(NC(=O)N1CCN(c2ncnc3cc(C4=CCN(C(=O)C5CC5)CC4)sc23)CC1(C)C)c1cccc(Cl)c1. The first kappa shape index (κ1) is 27.0. The van der Waals surface area contributed by atoms with E-state index < -0.39 is 5.54 Å². The summed E-state index contributed by atoms with van der Waals surface area (Å²) in [6.45, 7) is 9.57. The molecule has 0 bridgehead atoms. The molecule has 4 heterocycles. The topological polar surface area (TPSA) is 81.7 Å². The van der Waals surface area contributed by atoms with E-state index in [0.29, 0.717) is 37.1 Å². The second-order valence-electron chi connectivity index (χ2n) is 11.7. The molecule has 1 aromatic carbocycles. The highest BCUT2D eigenvalue weighted by atomic mass is 35.5. The van der Waals surface area contributed by atoms with Crippen molar-refractivity contribution in [2.75, 3.05) is 37.6 Å². The second-order valence-corrected chi connectivity index (χ2v) is 13.2. The number of anilines is 1. The van der Waals surface area contributed by atoms with Gasteiger partial charge in [-0.15, -0.1) is 11.3 Å². The molecule has 3 aromatic rings. The van der Waals surface area contributed by atoms with Crippen LogP contribution in [-0.4, -0.2) is 70.0 Å². The number of aromatic nitrogens is 2. The number of carbonyl (C=O) groups is 2.